The molecule has 0 aliphatic carbocycles. The van der Waals surface area contributed by atoms with Gasteiger partial charge in [0, 0.05) is 47.2 Å². The van der Waals surface area contributed by atoms with Crippen molar-refractivity contribution in [3.05, 3.63) is 47.1 Å². The van der Waals surface area contributed by atoms with Gasteiger partial charge in [0.1, 0.15) is 0 Å². The standard InChI is InChI=1S/C16H25N5O4S.C9H8F3NO.H2/c1-12-17-15(25-18-12)14-10-21(11-14)26(23,24)20-8-4-5-13(9-20)16(22)19-6-2-3-7-19;10-9(11,12)8-3-1-7(2-4-8)5-13-6-14;/h13-14H,2-11H2,1H3;1-4,6H,5H2,(H,13,14);1H/t13-;;/m0../s1. The molecule has 0 saturated carbocycles. The minimum atomic E-state index is -4.31. The highest BCUT2D eigenvalue weighted by molar-refractivity contribution is 7.86. The summed E-state index contributed by atoms with van der Waals surface area (Å²) in [5.41, 5.74) is -0.0579. The van der Waals surface area contributed by atoms with Gasteiger partial charge in [-0.2, -0.15) is 35.2 Å². The molecule has 11 nitrogen and oxygen atoms in total. The van der Waals surface area contributed by atoms with Crippen molar-refractivity contribution in [3.63, 3.8) is 0 Å². The number of rotatable bonds is 7. The number of hydrogen-bond acceptors (Lipinski definition) is 7. The second-order valence-electron chi connectivity index (χ2n) is 10.1. The van der Waals surface area contributed by atoms with E-state index in [-0.39, 0.29) is 25.7 Å². The van der Waals surface area contributed by atoms with Gasteiger partial charge in [-0.25, -0.2) is 0 Å². The maximum Gasteiger partial charge on any atom is 0.416 e. The molecule has 2 aromatic rings. The number of benzene rings is 1. The Balaban J connectivity index is 0.000000264. The number of alkyl halides is 3. The number of likely N-dealkylation sites (tertiary alicyclic amines) is 1. The van der Waals surface area contributed by atoms with E-state index in [2.05, 4.69) is 15.5 Å². The lowest BCUT2D eigenvalue weighted by Gasteiger charge is -2.41. The van der Waals surface area contributed by atoms with Crippen LogP contribution in [0.1, 0.15) is 55.9 Å². The van der Waals surface area contributed by atoms with Crippen LogP contribution in [-0.2, 0) is 32.5 Å². The van der Waals surface area contributed by atoms with E-state index in [0.717, 1.165) is 50.9 Å². The first-order valence-corrected chi connectivity index (χ1v) is 14.6. The third-order valence-corrected chi connectivity index (χ3v) is 9.15. The molecule has 0 unspecified atom stereocenters. The topological polar surface area (TPSA) is 129 Å². The molecule has 0 radical (unpaired) electrons. The molecular formula is C25H35F3N6O5S. The highest BCUT2D eigenvalue weighted by Crippen LogP contribution is 2.32. The van der Waals surface area contributed by atoms with Crippen LogP contribution in [0, 0.1) is 12.8 Å². The number of hydrogen-bond donors (Lipinski definition) is 1. The van der Waals surface area contributed by atoms with Gasteiger partial charge in [-0.05, 0) is 50.3 Å². The summed E-state index contributed by atoms with van der Waals surface area (Å²) < 4.78 is 70.2. The smallest absolute Gasteiger partial charge is 0.355 e. The second-order valence-corrected chi connectivity index (χ2v) is 12.1. The minimum absolute atomic E-state index is 0. The van der Waals surface area contributed by atoms with Gasteiger partial charge in [0.05, 0.1) is 17.4 Å². The van der Waals surface area contributed by atoms with Gasteiger partial charge >= 0.3 is 6.18 Å². The molecule has 1 N–H and O–H groups in total. The molecule has 5 rings (SSSR count). The fourth-order valence-corrected chi connectivity index (χ4v) is 6.74. The molecule has 1 aromatic carbocycles. The van der Waals surface area contributed by atoms with E-state index in [1.807, 2.05) is 4.90 Å². The first kappa shape index (κ1) is 29.9. The Labute approximate surface area is 232 Å². The van der Waals surface area contributed by atoms with Crippen molar-refractivity contribution >= 4 is 22.5 Å². The van der Waals surface area contributed by atoms with Gasteiger partial charge in [0.25, 0.3) is 10.2 Å². The van der Waals surface area contributed by atoms with Crippen LogP contribution in [0.5, 0.6) is 0 Å². The molecule has 0 bridgehead atoms. The summed E-state index contributed by atoms with van der Waals surface area (Å²) >= 11 is 0. The summed E-state index contributed by atoms with van der Waals surface area (Å²) in [5.74, 6) is 0.908. The number of amides is 2. The lowest BCUT2D eigenvalue weighted by atomic mass is 9.98. The van der Waals surface area contributed by atoms with Crippen molar-refractivity contribution in [2.75, 3.05) is 39.3 Å². The molecular weight excluding hydrogens is 553 g/mol. The van der Waals surface area contributed by atoms with Crippen molar-refractivity contribution in [1.82, 2.24) is 29.0 Å². The lowest BCUT2D eigenvalue weighted by Crippen LogP contribution is -2.56. The molecule has 0 spiro atoms. The van der Waals surface area contributed by atoms with Crippen LogP contribution in [0.4, 0.5) is 13.2 Å². The number of piperidine rings is 1. The molecule has 3 aliphatic rings. The average Bonchev–Trinajstić information content (AvgIpc) is 3.59. The predicted octanol–water partition coefficient (Wildman–Crippen LogP) is 2.55. The predicted molar refractivity (Wildman–Crippen MR) is 139 cm³/mol. The minimum Gasteiger partial charge on any atom is -0.355 e. The Kier molecular flexibility index (Phi) is 9.46. The Hall–Kier alpha value is -3.04. The van der Waals surface area contributed by atoms with Crippen LogP contribution >= 0.6 is 0 Å². The molecule has 1 atom stereocenters. The van der Waals surface area contributed by atoms with Gasteiger partial charge < -0.3 is 14.7 Å². The van der Waals surface area contributed by atoms with Gasteiger partial charge in [0.2, 0.25) is 18.2 Å². The second kappa shape index (κ2) is 12.6. The van der Waals surface area contributed by atoms with E-state index >= 15 is 0 Å². The Morgan fingerprint density at radius 1 is 1.10 bits per heavy atom. The molecule has 3 aliphatic heterocycles. The Morgan fingerprint density at radius 2 is 1.77 bits per heavy atom. The van der Waals surface area contributed by atoms with E-state index in [0.29, 0.717) is 49.9 Å². The highest BCUT2D eigenvalue weighted by atomic mass is 32.2. The summed E-state index contributed by atoms with van der Waals surface area (Å²) in [6, 6.07) is 4.64. The first-order chi connectivity index (χ1) is 19.0. The molecule has 1 aromatic heterocycles. The van der Waals surface area contributed by atoms with Crippen LogP contribution in [-0.4, -0.2) is 83.7 Å². The molecule has 3 saturated heterocycles. The fraction of sp³-hybridized carbons (Fsp3) is 0.600. The quantitative estimate of drug-likeness (QED) is 0.493. The summed E-state index contributed by atoms with van der Waals surface area (Å²) in [4.78, 5) is 28.6. The van der Waals surface area contributed by atoms with Crippen LogP contribution in [0.3, 0.4) is 0 Å². The van der Waals surface area contributed by atoms with Crippen molar-refractivity contribution in [3.8, 4) is 0 Å². The number of carbonyl (C=O) groups excluding carboxylic acids is 2. The number of nitrogens with one attached hydrogen (secondary N) is 1. The van der Waals surface area contributed by atoms with Crippen LogP contribution in [0.2, 0.25) is 0 Å². The van der Waals surface area contributed by atoms with E-state index in [9.17, 15) is 31.2 Å². The maximum absolute atomic E-state index is 12.9. The Bertz CT molecular complexity index is 1270. The summed E-state index contributed by atoms with van der Waals surface area (Å²) in [7, 11) is -3.54. The zero-order chi connectivity index (χ0) is 28.9. The summed E-state index contributed by atoms with van der Waals surface area (Å²) in [6.07, 6.45) is -0.224. The molecule has 222 valence electrons. The molecule has 2 amide bonds. The molecule has 4 heterocycles. The lowest BCUT2D eigenvalue weighted by molar-refractivity contribution is -0.137. The number of nitrogens with zero attached hydrogens (tertiary/aromatic N) is 5. The van der Waals surface area contributed by atoms with E-state index in [1.165, 1.54) is 20.7 Å². The monoisotopic (exact) mass is 588 g/mol. The zero-order valence-corrected chi connectivity index (χ0v) is 23.0. The molecule has 3 fully saturated rings. The number of aromatic nitrogens is 2. The fourth-order valence-electron chi connectivity index (χ4n) is 4.95. The van der Waals surface area contributed by atoms with E-state index in [1.54, 1.807) is 6.92 Å². The van der Waals surface area contributed by atoms with E-state index < -0.39 is 21.9 Å². The van der Waals surface area contributed by atoms with Crippen molar-refractivity contribution in [2.24, 2.45) is 5.92 Å². The summed E-state index contributed by atoms with van der Waals surface area (Å²) in [6.45, 7) is 5.06. The third-order valence-electron chi connectivity index (χ3n) is 7.22. The normalized spacial score (nSPS) is 20.9. The van der Waals surface area contributed by atoms with Crippen LogP contribution in [0.15, 0.2) is 28.8 Å². The molecule has 15 heteroatoms. The maximum atomic E-state index is 12.9. The Morgan fingerprint density at radius 3 is 2.35 bits per heavy atom. The SMILES string of the molecule is Cc1noc(C2CN(S(=O)(=O)N3CCC[C@H](C(=O)N4CCCC4)C3)C2)n1.O=CNCc1ccc(C(F)(F)F)cc1.[HH]. The van der Waals surface area contributed by atoms with Gasteiger partial charge in [-0.1, -0.05) is 17.3 Å². The van der Waals surface area contributed by atoms with Crippen LogP contribution < -0.4 is 5.32 Å². The average molecular weight is 589 g/mol. The van der Waals surface area contributed by atoms with Crippen LogP contribution in [0.25, 0.3) is 0 Å². The first-order valence-electron chi connectivity index (χ1n) is 13.2. The highest BCUT2D eigenvalue weighted by Gasteiger charge is 2.44. The van der Waals surface area contributed by atoms with E-state index in [4.69, 9.17) is 4.52 Å². The molecule has 40 heavy (non-hydrogen) atoms. The van der Waals surface area contributed by atoms with Crippen molar-refractivity contribution in [1.29, 1.82) is 0 Å². The van der Waals surface area contributed by atoms with Gasteiger partial charge in [-0.15, -0.1) is 0 Å². The zero-order valence-electron chi connectivity index (χ0n) is 22.1. The van der Waals surface area contributed by atoms with Crippen molar-refractivity contribution in [2.45, 2.75) is 51.2 Å². The van der Waals surface area contributed by atoms with Gasteiger partial charge in [0.15, 0.2) is 5.82 Å². The number of aryl methyl sites for hydroxylation is 1. The van der Waals surface area contributed by atoms with Gasteiger partial charge in [-0.3, -0.25) is 9.59 Å². The number of carbonyl (C=O) groups is 2. The largest absolute Gasteiger partial charge is 0.416 e. The number of halogens is 3. The third kappa shape index (κ3) is 7.18. The summed E-state index contributed by atoms with van der Waals surface area (Å²) in [5, 5.41) is 6.12. The van der Waals surface area contributed by atoms with Crippen molar-refractivity contribution < 1.29 is 37.1 Å².